The molecule has 2 fully saturated rings. The van der Waals surface area contributed by atoms with Gasteiger partial charge in [0.1, 0.15) is 0 Å². The summed E-state index contributed by atoms with van der Waals surface area (Å²) in [5, 5.41) is 5.62. The van der Waals surface area contributed by atoms with E-state index in [-0.39, 0.29) is 17.8 Å². The topological polar surface area (TPSA) is 81.8 Å². The number of para-hydroxylation sites is 1. The fourth-order valence-corrected chi connectivity index (χ4v) is 3.77. The first kappa shape index (κ1) is 19.0. The van der Waals surface area contributed by atoms with Gasteiger partial charge in [0.2, 0.25) is 0 Å². The lowest BCUT2D eigenvalue weighted by atomic mass is 10.1. The lowest BCUT2D eigenvalue weighted by Crippen LogP contribution is -2.36. The van der Waals surface area contributed by atoms with Crippen molar-refractivity contribution in [3.05, 3.63) is 59.7 Å². The van der Waals surface area contributed by atoms with Crippen molar-refractivity contribution >= 4 is 29.2 Å². The standard InChI is InChI=1S/C22H24N4O3/c27-20(16-7-6-8-17(15-16)26-14-11-23-22(26)29)24-19-10-3-2-9-18(19)21(28)25-12-4-1-5-13-25/h2-3,6-10,15H,1,4-5,11-14H2,(H,23,29)(H,24,27). The van der Waals surface area contributed by atoms with Gasteiger partial charge in [0.05, 0.1) is 11.3 Å². The maximum Gasteiger partial charge on any atom is 0.321 e. The summed E-state index contributed by atoms with van der Waals surface area (Å²) in [6.45, 7) is 2.65. The van der Waals surface area contributed by atoms with E-state index in [1.165, 1.54) is 0 Å². The van der Waals surface area contributed by atoms with Crippen LogP contribution in [0.2, 0.25) is 0 Å². The van der Waals surface area contributed by atoms with Gasteiger partial charge in [0.25, 0.3) is 11.8 Å². The predicted octanol–water partition coefficient (Wildman–Crippen LogP) is 3.09. The van der Waals surface area contributed by atoms with Gasteiger partial charge < -0.3 is 15.5 Å². The molecule has 0 unspecified atom stereocenters. The number of likely N-dealkylation sites (tertiary alicyclic amines) is 1. The third-order valence-corrected chi connectivity index (χ3v) is 5.33. The molecule has 7 nitrogen and oxygen atoms in total. The number of hydrogen-bond acceptors (Lipinski definition) is 3. The first-order chi connectivity index (χ1) is 14.1. The Morgan fingerprint density at radius 3 is 2.48 bits per heavy atom. The molecule has 2 aromatic carbocycles. The monoisotopic (exact) mass is 392 g/mol. The highest BCUT2D eigenvalue weighted by Gasteiger charge is 2.23. The van der Waals surface area contributed by atoms with E-state index in [0.29, 0.717) is 35.6 Å². The summed E-state index contributed by atoms with van der Waals surface area (Å²) in [7, 11) is 0. The fraction of sp³-hybridized carbons (Fsp3) is 0.318. The van der Waals surface area contributed by atoms with Gasteiger partial charge in [-0.15, -0.1) is 0 Å². The highest BCUT2D eigenvalue weighted by atomic mass is 16.2. The molecule has 0 aliphatic carbocycles. The van der Waals surface area contributed by atoms with Gasteiger partial charge in [-0.25, -0.2) is 4.79 Å². The van der Waals surface area contributed by atoms with Gasteiger partial charge >= 0.3 is 6.03 Å². The quantitative estimate of drug-likeness (QED) is 0.839. The molecule has 2 aliphatic heterocycles. The van der Waals surface area contributed by atoms with Gasteiger partial charge in [-0.3, -0.25) is 14.5 Å². The third kappa shape index (κ3) is 4.08. The highest BCUT2D eigenvalue weighted by Crippen LogP contribution is 2.22. The Hall–Kier alpha value is -3.35. The maximum absolute atomic E-state index is 12.9. The van der Waals surface area contributed by atoms with Crippen molar-refractivity contribution in [1.82, 2.24) is 10.2 Å². The maximum atomic E-state index is 12.9. The molecule has 0 atom stereocenters. The molecule has 0 spiro atoms. The average Bonchev–Trinajstić information content (AvgIpc) is 3.20. The second-order valence-electron chi connectivity index (χ2n) is 7.29. The van der Waals surface area contributed by atoms with Crippen LogP contribution >= 0.6 is 0 Å². The van der Waals surface area contributed by atoms with E-state index < -0.39 is 0 Å². The van der Waals surface area contributed by atoms with Crippen molar-refractivity contribution in [1.29, 1.82) is 0 Å². The van der Waals surface area contributed by atoms with E-state index in [2.05, 4.69) is 10.6 Å². The number of benzene rings is 2. The van der Waals surface area contributed by atoms with E-state index in [1.54, 1.807) is 53.4 Å². The second kappa shape index (κ2) is 8.34. The van der Waals surface area contributed by atoms with Crippen LogP contribution in [0.5, 0.6) is 0 Å². The SMILES string of the molecule is O=C(Nc1ccccc1C(=O)N1CCCCC1)c1cccc(N2CCNC2=O)c1. The van der Waals surface area contributed by atoms with Crippen LogP contribution in [-0.4, -0.2) is 48.9 Å². The zero-order valence-electron chi connectivity index (χ0n) is 16.2. The number of nitrogens with zero attached hydrogens (tertiary/aromatic N) is 2. The van der Waals surface area contributed by atoms with E-state index in [9.17, 15) is 14.4 Å². The number of piperidine rings is 1. The predicted molar refractivity (Wildman–Crippen MR) is 111 cm³/mol. The zero-order chi connectivity index (χ0) is 20.2. The van der Waals surface area contributed by atoms with Gasteiger partial charge in [0.15, 0.2) is 0 Å². The number of urea groups is 1. The summed E-state index contributed by atoms with van der Waals surface area (Å²) in [6.07, 6.45) is 3.17. The smallest absolute Gasteiger partial charge is 0.321 e. The van der Waals surface area contributed by atoms with Crippen molar-refractivity contribution in [3.8, 4) is 0 Å². The lowest BCUT2D eigenvalue weighted by molar-refractivity contribution is 0.0725. The summed E-state index contributed by atoms with van der Waals surface area (Å²) >= 11 is 0. The molecule has 0 aromatic heterocycles. The van der Waals surface area contributed by atoms with Crippen LogP contribution in [0.25, 0.3) is 0 Å². The average molecular weight is 392 g/mol. The van der Waals surface area contributed by atoms with Crippen LogP contribution < -0.4 is 15.5 Å². The molecule has 7 heteroatoms. The summed E-state index contributed by atoms with van der Waals surface area (Å²) in [5.74, 6) is -0.367. The summed E-state index contributed by atoms with van der Waals surface area (Å²) in [5.41, 5.74) is 2.10. The Morgan fingerprint density at radius 2 is 1.72 bits per heavy atom. The van der Waals surface area contributed by atoms with Gasteiger partial charge in [-0.05, 0) is 49.6 Å². The number of carbonyl (C=O) groups is 3. The van der Waals surface area contributed by atoms with E-state index >= 15 is 0 Å². The lowest BCUT2D eigenvalue weighted by Gasteiger charge is -2.27. The Kier molecular flexibility index (Phi) is 5.46. The summed E-state index contributed by atoms with van der Waals surface area (Å²) in [4.78, 5) is 41.1. The minimum atomic E-state index is -0.314. The first-order valence-electron chi connectivity index (χ1n) is 9.98. The molecule has 4 rings (SSSR count). The number of anilines is 2. The number of nitrogens with one attached hydrogen (secondary N) is 2. The Morgan fingerprint density at radius 1 is 0.931 bits per heavy atom. The Balaban J connectivity index is 1.53. The fourth-order valence-electron chi connectivity index (χ4n) is 3.77. The Bertz CT molecular complexity index is 937. The number of carbonyl (C=O) groups excluding carboxylic acids is 3. The third-order valence-electron chi connectivity index (χ3n) is 5.33. The molecular weight excluding hydrogens is 368 g/mol. The van der Waals surface area contributed by atoms with Crippen LogP contribution in [0.1, 0.15) is 40.0 Å². The van der Waals surface area contributed by atoms with Crippen molar-refractivity contribution < 1.29 is 14.4 Å². The largest absolute Gasteiger partial charge is 0.339 e. The number of rotatable bonds is 4. The van der Waals surface area contributed by atoms with Crippen molar-refractivity contribution in [2.75, 3.05) is 36.4 Å². The minimum Gasteiger partial charge on any atom is -0.339 e. The molecule has 0 bridgehead atoms. The second-order valence-corrected chi connectivity index (χ2v) is 7.29. The summed E-state index contributed by atoms with van der Waals surface area (Å²) < 4.78 is 0. The molecular formula is C22H24N4O3. The molecule has 2 aromatic rings. The highest BCUT2D eigenvalue weighted by molar-refractivity contribution is 6.09. The van der Waals surface area contributed by atoms with Crippen LogP contribution in [0, 0.1) is 0 Å². The van der Waals surface area contributed by atoms with Crippen molar-refractivity contribution in [3.63, 3.8) is 0 Å². The van der Waals surface area contributed by atoms with Crippen LogP contribution in [-0.2, 0) is 0 Å². The van der Waals surface area contributed by atoms with Crippen LogP contribution in [0.15, 0.2) is 48.5 Å². The molecule has 150 valence electrons. The van der Waals surface area contributed by atoms with Crippen molar-refractivity contribution in [2.24, 2.45) is 0 Å². The molecule has 2 N–H and O–H groups in total. The van der Waals surface area contributed by atoms with E-state index in [0.717, 1.165) is 32.4 Å². The first-order valence-corrected chi connectivity index (χ1v) is 9.98. The molecule has 0 saturated carbocycles. The van der Waals surface area contributed by atoms with E-state index in [4.69, 9.17) is 0 Å². The molecule has 29 heavy (non-hydrogen) atoms. The van der Waals surface area contributed by atoms with Gasteiger partial charge in [0, 0.05) is 37.4 Å². The number of amides is 4. The minimum absolute atomic E-state index is 0.0527. The zero-order valence-corrected chi connectivity index (χ0v) is 16.2. The molecule has 2 saturated heterocycles. The van der Waals surface area contributed by atoms with E-state index in [1.807, 2.05) is 4.90 Å². The molecule has 2 aliphatic rings. The normalized spacial score (nSPS) is 16.5. The van der Waals surface area contributed by atoms with Gasteiger partial charge in [-0.2, -0.15) is 0 Å². The van der Waals surface area contributed by atoms with Gasteiger partial charge in [-0.1, -0.05) is 18.2 Å². The van der Waals surface area contributed by atoms with Crippen molar-refractivity contribution in [2.45, 2.75) is 19.3 Å². The number of hydrogen-bond donors (Lipinski definition) is 2. The van der Waals surface area contributed by atoms with Crippen LogP contribution in [0.3, 0.4) is 0 Å². The molecule has 2 heterocycles. The molecule has 4 amide bonds. The Labute approximate surface area is 169 Å². The summed E-state index contributed by atoms with van der Waals surface area (Å²) in [6, 6.07) is 13.9. The van der Waals surface area contributed by atoms with Crippen LogP contribution in [0.4, 0.5) is 16.2 Å². The molecule has 0 radical (unpaired) electrons.